The van der Waals surface area contributed by atoms with E-state index in [2.05, 4.69) is 21.4 Å². The Labute approximate surface area is 189 Å². The predicted molar refractivity (Wildman–Crippen MR) is 120 cm³/mol. The van der Waals surface area contributed by atoms with Crippen molar-refractivity contribution in [3.05, 3.63) is 52.9 Å². The summed E-state index contributed by atoms with van der Waals surface area (Å²) in [4.78, 5) is 18.9. The number of aromatic nitrogens is 2. The summed E-state index contributed by atoms with van der Waals surface area (Å²) in [6, 6.07) is 7.43. The number of halogens is 2. The monoisotopic (exact) mass is 453 g/mol. The van der Waals surface area contributed by atoms with Crippen molar-refractivity contribution in [3.8, 4) is 5.88 Å². The molecule has 0 amide bonds. The molecule has 0 atom stereocenters. The minimum atomic E-state index is 0. The highest BCUT2D eigenvalue weighted by Gasteiger charge is 2.22. The number of nitrogens with zero attached hydrogens (tertiary/aromatic N) is 2. The van der Waals surface area contributed by atoms with Crippen LogP contribution in [-0.4, -0.2) is 48.2 Å². The lowest BCUT2D eigenvalue weighted by Gasteiger charge is -2.27. The number of hydrogen-bond donors (Lipinski definition) is 1. The Balaban J connectivity index is 0.000000249. The number of hydrogen-bond acceptors (Lipinski definition) is 6. The first kappa shape index (κ1) is 24.5. The van der Waals surface area contributed by atoms with Crippen LogP contribution in [0.1, 0.15) is 54.4 Å². The number of Topliss-reactive ketones (excluding diaryl/α,β-unsaturated/α-hetero) is 1. The van der Waals surface area contributed by atoms with E-state index in [0.29, 0.717) is 22.7 Å². The molecule has 0 saturated carbocycles. The fraction of sp³-hybridized carbons (Fsp3) is 0.500. The van der Waals surface area contributed by atoms with Crippen LogP contribution >= 0.6 is 24.0 Å². The summed E-state index contributed by atoms with van der Waals surface area (Å²) in [5, 5.41) is 3.77. The summed E-state index contributed by atoms with van der Waals surface area (Å²) in [5.41, 5.74) is 1.86. The van der Waals surface area contributed by atoms with Crippen molar-refractivity contribution in [1.29, 1.82) is 0 Å². The fourth-order valence-electron chi connectivity index (χ4n) is 3.48. The zero-order valence-corrected chi connectivity index (χ0v) is 18.8. The van der Waals surface area contributed by atoms with Crippen LogP contribution in [0.5, 0.6) is 5.88 Å². The Kier molecular flexibility index (Phi) is 10.5. The number of carbonyl (C=O) groups excluding carboxylic acids is 1. The largest absolute Gasteiger partial charge is 0.474 e. The maximum Gasteiger partial charge on any atom is 0.217 e. The smallest absolute Gasteiger partial charge is 0.217 e. The van der Waals surface area contributed by atoms with E-state index in [1.807, 2.05) is 12.3 Å². The second-order valence-corrected chi connectivity index (χ2v) is 7.66. The molecule has 2 aromatic heterocycles. The Hall–Kier alpha value is -1.73. The number of piperidine rings is 1. The molecule has 2 fully saturated rings. The van der Waals surface area contributed by atoms with Crippen molar-refractivity contribution < 1.29 is 14.3 Å². The van der Waals surface area contributed by atoms with Gasteiger partial charge in [-0.15, -0.1) is 12.4 Å². The van der Waals surface area contributed by atoms with Gasteiger partial charge in [0.05, 0.1) is 0 Å². The van der Waals surface area contributed by atoms with Gasteiger partial charge in [0.2, 0.25) is 5.88 Å². The second kappa shape index (κ2) is 12.8. The van der Waals surface area contributed by atoms with Crippen LogP contribution in [0.4, 0.5) is 0 Å². The topological polar surface area (TPSA) is 73.3 Å². The van der Waals surface area contributed by atoms with Crippen LogP contribution in [0.2, 0.25) is 5.15 Å². The van der Waals surface area contributed by atoms with Crippen molar-refractivity contribution >= 4 is 29.8 Å². The first-order valence-corrected chi connectivity index (χ1v) is 10.5. The van der Waals surface area contributed by atoms with Crippen LogP contribution in [0.15, 0.2) is 36.7 Å². The molecule has 2 aromatic rings. The van der Waals surface area contributed by atoms with E-state index in [0.717, 1.165) is 57.9 Å². The molecule has 0 aliphatic carbocycles. The lowest BCUT2D eigenvalue weighted by molar-refractivity contribution is 0.0832. The zero-order chi connectivity index (χ0) is 20.5. The molecule has 0 aromatic carbocycles. The van der Waals surface area contributed by atoms with Gasteiger partial charge in [0, 0.05) is 36.7 Å². The first-order valence-electron chi connectivity index (χ1n) is 10.2. The summed E-state index contributed by atoms with van der Waals surface area (Å²) in [5.74, 6) is 1.39. The van der Waals surface area contributed by atoms with E-state index in [1.54, 1.807) is 12.1 Å². The van der Waals surface area contributed by atoms with Gasteiger partial charge in [0.25, 0.3) is 0 Å². The molecule has 30 heavy (non-hydrogen) atoms. The average molecular weight is 454 g/mol. The molecule has 4 heterocycles. The third-order valence-corrected chi connectivity index (χ3v) is 5.38. The molecule has 0 radical (unpaired) electrons. The van der Waals surface area contributed by atoms with E-state index >= 15 is 0 Å². The van der Waals surface area contributed by atoms with Gasteiger partial charge in [-0.3, -0.25) is 4.79 Å². The average Bonchev–Trinajstić information content (AvgIpc) is 2.76. The molecule has 8 heteroatoms. The minimum Gasteiger partial charge on any atom is -0.474 e. The molecular weight excluding hydrogens is 425 g/mol. The van der Waals surface area contributed by atoms with Crippen LogP contribution in [-0.2, 0) is 4.74 Å². The molecule has 164 valence electrons. The molecule has 6 nitrogen and oxygen atoms in total. The molecule has 2 saturated heterocycles. The van der Waals surface area contributed by atoms with Gasteiger partial charge in [0.1, 0.15) is 11.3 Å². The van der Waals surface area contributed by atoms with Gasteiger partial charge < -0.3 is 14.8 Å². The molecular formula is C22H29Cl2N3O3. The molecule has 0 bridgehead atoms. The lowest BCUT2D eigenvalue weighted by Crippen LogP contribution is -2.34. The van der Waals surface area contributed by atoms with Crippen molar-refractivity contribution in [1.82, 2.24) is 15.3 Å². The van der Waals surface area contributed by atoms with Gasteiger partial charge in [-0.1, -0.05) is 17.7 Å². The molecule has 2 aliphatic rings. The second-order valence-electron chi connectivity index (χ2n) is 7.28. The highest BCUT2D eigenvalue weighted by molar-refractivity contribution is 6.29. The van der Waals surface area contributed by atoms with E-state index in [4.69, 9.17) is 21.1 Å². The summed E-state index contributed by atoms with van der Waals surface area (Å²) in [7, 11) is 0. The SMILES string of the molecule is CC(=O)c1ccc(Cl)nc1.Cl.c1cnc(OC2CCNCC2)c(C2CCOCC2)c1. The van der Waals surface area contributed by atoms with Gasteiger partial charge in [0.15, 0.2) is 5.78 Å². The summed E-state index contributed by atoms with van der Waals surface area (Å²) >= 11 is 5.49. The maximum absolute atomic E-state index is 10.7. The highest BCUT2D eigenvalue weighted by atomic mass is 35.5. The van der Waals surface area contributed by atoms with Crippen molar-refractivity contribution in [2.45, 2.75) is 44.6 Å². The molecule has 0 spiro atoms. The fourth-order valence-corrected chi connectivity index (χ4v) is 3.59. The lowest BCUT2D eigenvalue weighted by atomic mass is 9.92. The van der Waals surface area contributed by atoms with Crippen LogP contribution in [0.3, 0.4) is 0 Å². The summed E-state index contributed by atoms with van der Waals surface area (Å²) < 4.78 is 11.6. The Morgan fingerprint density at radius 3 is 2.50 bits per heavy atom. The highest BCUT2D eigenvalue weighted by Crippen LogP contribution is 2.33. The predicted octanol–water partition coefficient (Wildman–Crippen LogP) is 4.47. The van der Waals surface area contributed by atoms with E-state index in [1.165, 1.54) is 18.7 Å². The summed E-state index contributed by atoms with van der Waals surface area (Å²) in [6.45, 7) is 5.29. The Morgan fingerprint density at radius 2 is 1.87 bits per heavy atom. The Bertz CT molecular complexity index is 777. The first-order chi connectivity index (χ1) is 14.1. The van der Waals surface area contributed by atoms with Crippen LogP contribution in [0.25, 0.3) is 0 Å². The summed E-state index contributed by atoms with van der Waals surface area (Å²) in [6.07, 6.45) is 7.91. The zero-order valence-electron chi connectivity index (χ0n) is 17.2. The van der Waals surface area contributed by atoms with E-state index in [-0.39, 0.29) is 18.2 Å². The quantitative estimate of drug-likeness (QED) is 0.543. The van der Waals surface area contributed by atoms with Crippen molar-refractivity contribution in [2.24, 2.45) is 0 Å². The third kappa shape index (κ3) is 7.51. The maximum atomic E-state index is 10.7. The van der Waals surface area contributed by atoms with E-state index in [9.17, 15) is 4.79 Å². The number of pyridine rings is 2. The van der Waals surface area contributed by atoms with Crippen molar-refractivity contribution in [2.75, 3.05) is 26.3 Å². The van der Waals surface area contributed by atoms with Gasteiger partial charge in [-0.25, -0.2) is 9.97 Å². The van der Waals surface area contributed by atoms with Gasteiger partial charge in [-0.05, 0) is 69.8 Å². The number of carbonyl (C=O) groups is 1. The normalized spacial score (nSPS) is 17.3. The number of ketones is 1. The van der Waals surface area contributed by atoms with Crippen LogP contribution in [0, 0.1) is 0 Å². The molecule has 4 rings (SSSR count). The van der Waals surface area contributed by atoms with Gasteiger partial charge in [-0.2, -0.15) is 0 Å². The standard InChI is InChI=1S/C15H22N2O2.C7H6ClNO.ClH/c1-2-14(12-5-10-18-11-6-12)15(17-7-1)19-13-3-8-16-9-4-13;1-5(10)6-2-3-7(8)9-4-6;/h1-2,7,12-13,16H,3-6,8-11H2;2-4H,1H3;1H. The van der Waals surface area contributed by atoms with E-state index < -0.39 is 0 Å². The third-order valence-electron chi connectivity index (χ3n) is 5.16. The minimum absolute atomic E-state index is 0. The number of rotatable bonds is 4. The molecule has 0 unspecified atom stereocenters. The number of ether oxygens (including phenoxy) is 2. The molecule has 2 aliphatic heterocycles. The molecule has 1 N–H and O–H groups in total. The van der Waals surface area contributed by atoms with Gasteiger partial charge >= 0.3 is 0 Å². The van der Waals surface area contributed by atoms with Crippen LogP contribution < -0.4 is 10.1 Å². The Morgan fingerprint density at radius 1 is 1.13 bits per heavy atom. The van der Waals surface area contributed by atoms with Crippen molar-refractivity contribution in [3.63, 3.8) is 0 Å². The number of nitrogens with one attached hydrogen (secondary N) is 1.